The molecule has 7 heteroatoms. The fraction of sp³-hybridized carbons (Fsp3) is 0.412. The van der Waals surface area contributed by atoms with Crippen LogP contribution in [0.5, 0.6) is 0 Å². The highest BCUT2D eigenvalue weighted by molar-refractivity contribution is 5.93. The normalized spacial score (nSPS) is 23.9. The molecule has 3 atom stereocenters. The lowest BCUT2D eigenvalue weighted by Crippen LogP contribution is -2.51. The second kappa shape index (κ2) is 7.11. The average Bonchev–Trinajstić information content (AvgIpc) is 3.07. The smallest absolute Gasteiger partial charge is 0.273 e. The summed E-state index contributed by atoms with van der Waals surface area (Å²) < 4.78 is 23.3. The van der Waals surface area contributed by atoms with Gasteiger partial charge < -0.3 is 19.7 Å². The molecular weight excluding hydrogens is 315 g/mol. The summed E-state index contributed by atoms with van der Waals surface area (Å²) in [6.45, 7) is 0. The first-order valence-electron chi connectivity index (χ1n) is 7.83. The number of aliphatic hydroxyl groups is 1. The molecule has 3 rings (SSSR count). The van der Waals surface area contributed by atoms with Crippen molar-refractivity contribution >= 4 is 5.91 Å². The van der Waals surface area contributed by atoms with Crippen LogP contribution in [0.1, 0.15) is 29.8 Å². The van der Waals surface area contributed by atoms with Crippen molar-refractivity contribution < 1.29 is 23.6 Å². The van der Waals surface area contributed by atoms with E-state index in [4.69, 9.17) is 9.26 Å². The molecule has 6 nitrogen and oxygen atoms in total. The Morgan fingerprint density at radius 2 is 2.12 bits per heavy atom. The van der Waals surface area contributed by atoms with Crippen molar-refractivity contribution in [2.24, 2.45) is 0 Å². The third-order valence-electron chi connectivity index (χ3n) is 4.29. The molecule has 1 aromatic heterocycles. The van der Waals surface area contributed by atoms with Gasteiger partial charge in [-0.25, -0.2) is 4.39 Å². The maximum atomic E-state index is 12.9. The highest BCUT2D eigenvalue weighted by Crippen LogP contribution is 2.23. The number of hydrogen-bond acceptors (Lipinski definition) is 5. The van der Waals surface area contributed by atoms with Crippen LogP contribution in [0.15, 0.2) is 34.9 Å². The fourth-order valence-corrected chi connectivity index (χ4v) is 2.93. The van der Waals surface area contributed by atoms with Crippen molar-refractivity contribution in [2.45, 2.75) is 37.5 Å². The Bertz CT molecular complexity index is 701. The van der Waals surface area contributed by atoms with Crippen LogP contribution in [0.2, 0.25) is 0 Å². The minimum Gasteiger partial charge on any atom is -0.388 e. The molecule has 128 valence electrons. The van der Waals surface area contributed by atoms with Crippen molar-refractivity contribution in [1.82, 2.24) is 10.5 Å². The van der Waals surface area contributed by atoms with Gasteiger partial charge in [0.05, 0.1) is 12.1 Å². The summed E-state index contributed by atoms with van der Waals surface area (Å²) in [6, 6.07) is 6.81. The molecule has 0 radical (unpaired) electrons. The average molecular weight is 334 g/mol. The van der Waals surface area contributed by atoms with Crippen LogP contribution in [0, 0.1) is 5.82 Å². The Hall–Kier alpha value is -2.25. The molecule has 2 N–H and O–H groups in total. The van der Waals surface area contributed by atoms with E-state index in [9.17, 15) is 14.3 Å². The zero-order chi connectivity index (χ0) is 17.1. The summed E-state index contributed by atoms with van der Waals surface area (Å²) in [4.78, 5) is 12.3. The Morgan fingerprint density at radius 1 is 1.38 bits per heavy atom. The topological polar surface area (TPSA) is 84.6 Å². The maximum Gasteiger partial charge on any atom is 0.273 e. The second-order valence-corrected chi connectivity index (χ2v) is 5.86. The Balaban J connectivity index is 1.68. The predicted octanol–water partition coefficient (Wildman–Crippen LogP) is 2.14. The van der Waals surface area contributed by atoms with E-state index in [0.717, 1.165) is 12.8 Å². The predicted molar refractivity (Wildman–Crippen MR) is 83.8 cm³/mol. The first-order chi connectivity index (χ1) is 11.6. The van der Waals surface area contributed by atoms with E-state index in [2.05, 4.69) is 10.5 Å². The van der Waals surface area contributed by atoms with Gasteiger partial charge in [-0.05, 0) is 43.5 Å². The highest BCUT2D eigenvalue weighted by atomic mass is 19.1. The molecule has 0 aliphatic heterocycles. The molecule has 0 spiro atoms. The van der Waals surface area contributed by atoms with Gasteiger partial charge in [-0.2, -0.15) is 0 Å². The van der Waals surface area contributed by atoms with Gasteiger partial charge >= 0.3 is 0 Å². The van der Waals surface area contributed by atoms with E-state index in [-0.39, 0.29) is 23.7 Å². The van der Waals surface area contributed by atoms with Crippen LogP contribution in [0.25, 0.3) is 11.3 Å². The van der Waals surface area contributed by atoms with Crippen LogP contribution < -0.4 is 5.32 Å². The first-order valence-corrected chi connectivity index (χ1v) is 7.83. The van der Waals surface area contributed by atoms with Gasteiger partial charge in [0.25, 0.3) is 5.91 Å². The molecule has 1 aliphatic carbocycles. The lowest BCUT2D eigenvalue weighted by Gasteiger charge is -2.34. The Kier molecular flexibility index (Phi) is 4.92. The number of nitrogens with zero attached hydrogens (tertiary/aromatic N) is 1. The lowest BCUT2D eigenvalue weighted by atomic mass is 9.90. The summed E-state index contributed by atoms with van der Waals surface area (Å²) in [5, 5.41) is 16.7. The summed E-state index contributed by atoms with van der Waals surface area (Å²) in [6.07, 6.45) is 1.27. The van der Waals surface area contributed by atoms with E-state index < -0.39 is 12.0 Å². The number of aliphatic hydroxyl groups excluding tert-OH is 1. The molecule has 1 aromatic carbocycles. The molecule has 0 bridgehead atoms. The van der Waals surface area contributed by atoms with E-state index in [1.807, 2.05) is 0 Å². The van der Waals surface area contributed by atoms with Crippen LogP contribution in [0.3, 0.4) is 0 Å². The number of rotatable bonds is 4. The SMILES string of the molecule is CO[C@@H]1CCC[C@@H](NC(=O)c2cc(-c3ccc(F)cc3)on2)[C@H]1O. The van der Waals surface area contributed by atoms with Crippen molar-refractivity contribution in [3.05, 3.63) is 41.8 Å². The number of carbonyl (C=O) groups excluding carboxylic acids is 1. The Morgan fingerprint density at radius 3 is 2.83 bits per heavy atom. The molecule has 24 heavy (non-hydrogen) atoms. The molecular formula is C17H19FN2O4. The van der Waals surface area contributed by atoms with E-state index in [1.54, 1.807) is 19.2 Å². The van der Waals surface area contributed by atoms with Crippen molar-refractivity contribution in [2.75, 3.05) is 7.11 Å². The van der Waals surface area contributed by atoms with Gasteiger partial charge in [0.2, 0.25) is 0 Å². The second-order valence-electron chi connectivity index (χ2n) is 5.86. The minimum atomic E-state index is -0.754. The summed E-state index contributed by atoms with van der Waals surface area (Å²) in [7, 11) is 1.55. The third kappa shape index (κ3) is 3.47. The number of hydrogen-bond donors (Lipinski definition) is 2. The maximum absolute atomic E-state index is 12.9. The van der Waals surface area contributed by atoms with Crippen molar-refractivity contribution in [3.63, 3.8) is 0 Å². The first kappa shape index (κ1) is 16.6. The van der Waals surface area contributed by atoms with E-state index >= 15 is 0 Å². The molecule has 1 amide bonds. The molecule has 1 heterocycles. The summed E-state index contributed by atoms with van der Waals surface area (Å²) in [5.74, 6) is -0.401. The summed E-state index contributed by atoms with van der Waals surface area (Å²) >= 11 is 0. The largest absolute Gasteiger partial charge is 0.388 e. The van der Waals surface area contributed by atoms with Crippen molar-refractivity contribution in [3.8, 4) is 11.3 Å². The van der Waals surface area contributed by atoms with Gasteiger partial charge in [0, 0.05) is 18.7 Å². The Labute approximate surface area is 138 Å². The van der Waals surface area contributed by atoms with Crippen LogP contribution in [-0.4, -0.2) is 41.5 Å². The molecule has 1 aliphatic rings. The molecule has 2 aromatic rings. The van der Waals surface area contributed by atoms with Gasteiger partial charge in [0.1, 0.15) is 11.9 Å². The summed E-state index contributed by atoms with van der Waals surface area (Å²) in [5.41, 5.74) is 0.737. The monoisotopic (exact) mass is 334 g/mol. The van der Waals surface area contributed by atoms with Crippen LogP contribution >= 0.6 is 0 Å². The molecule has 0 unspecified atom stereocenters. The van der Waals surface area contributed by atoms with Crippen LogP contribution in [-0.2, 0) is 4.74 Å². The zero-order valence-electron chi connectivity index (χ0n) is 13.2. The number of aromatic nitrogens is 1. The quantitative estimate of drug-likeness (QED) is 0.895. The fourth-order valence-electron chi connectivity index (χ4n) is 2.93. The number of halogens is 1. The van der Waals surface area contributed by atoms with E-state index in [0.29, 0.717) is 17.7 Å². The van der Waals surface area contributed by atoms with Crippen molar-refractivity contribution in [1.29, 1.82) is 0 Å². The van der Waals surface area contributed by atoms with Gasteiger partial charge in [-0.3, -0.25) is 4.79 Å². The van der Waals surface area contributed by atoms with Gasteiger partial charge in [-0.1, -0.05) is 5.16 Å². The number of carbonyl (C=O) groups is 1. The zero-order valence-corrected chi connectivity index (χ0v) is 13.2. The van der Waals surface area contributed by atoms with Crippen LogP contribution in [0.4, 0.5) is 4.39 Å². The van der Waals surface area contributed by atoms with Gasteiger partial charge in [-0.15, -0.1) is 0 Å². The third-order valence-corrected chi connectivity index (χ3v) is 4.29. The molecule has 0 saturated heterocycles. The standard InChI is InChI=1S/C17H19FN2O4/c1-23-14-4-2-3-12(16(14)21)19-17(22)13-9-15(24-20-13)10-5-7-11(18)8-6-10/h5-9,12,14,16,21H,2-4H2,1H3,(H,19,22)/t12-,14-,16-/m1/s1. The number of ether oxygens (including phenoxy) is 1. The lowest BCUT2D eigenvalue weighted by molar-refractivity contribution is -0.0513. The number of nitrogens with one attached hydrogen (secondary N) is 1. The number of amides is 1. The molecule has 1 fully saturated rings. The van der Waals surface area contributed by atoms with Gasteiger partial charge in [0.15, 0.2) is 11.5 Å². The molecule has 1 saturated carbocycles. The van der Waals surface area contributed by atoms with E-state index in [1.165, 1.54) is 18.2 Å². The number of benzene rings is 1. The highest BCUT2D eigenvalue weighted by Gasteiger charge is 2.33. The number of methoxy groups -OCH3 is 1. The minimum absolute atomic E-state index is 0.112.